The van der Waals surface area contributed by atoms with Crippen molar-refractivity contribution in [3.63, 3.8) is 0 Å². The first-order valence-electron chi connectivity index (χ1n) is 8.72. The van der Waals surface area contributed by atoms with E-state index in [0.29, 0.717) is 19.5 Å². The van der Waals surface area contributed by atoms with Crippen molar-refractivity contribution in [2.75, 3.05) is 32.7 Å². The molecule has 6 nitrogen and oxygen atoms in total. The molecule has 25 heavy (non-hydrogen) atoms. The SMILES string of the molecule is CC(NC=O)(C1CC(=O)N(Cc2ccc(F)cc2)C1)N1CCNCC1. The summed E-state index contributed by atoms with van der Waals surface area (Å²) in [4.78, 5) is 27.8. The molecule has 0 aromatic heterocycles. The number of nitrogens with zero attached hydrogens (tertiary/aromatic N) is 2. The molecule has 2 fully saturated rings. The van der Waals surface area contributed by atoms with E-state index in [4.69, 9.17) is 0 Å². The fourth-order valence-electron chi connectivity index (χ4n) is 3.83. The molecular formula is C18H25FN4O2. The Morgan fingerprint density at radius 1 is 1.32 bits per heavy atom. The number of rotatable bonds is 6. The second-order valence-electron chi connectivity index (χ2n) is 6.95. The summed E-state index contributed by atoms with van der Waals surface area (Å²) in [6.07, 6.45) is 1.14. The summed E-state index contributed by atoms with van der Waals surface area (Å²) in [5, 5.41) is 6.28. The van der Waals surface area contributed by atoms with Gasteiger partial charge in [0.05, 0.1) is 5.66 Å². The number of halogens is 1. The topological polar surface area (TPSA) is 64.7 Å². The quantitative estimate of drug-likeness (QED) is 0.737. The van der Waals surface area contributed by atoms with Gasteiger partial charge in [-0.2, -0.15) is 0 Å². The monoisotopic (exact) mass is 348 g/mol. The van der Waals surface area contributed by atoms with E-state index in [1.807, 2.05) is 6.92 Å². The van der Waals surface area contributed by atoms with E-state index in [1.54, 1.807) is 17.0 Å². The van der Waals surface area contributed by atoms with Gasteiger partial charge in [0.1, 0.15) is 5.82 Å². The lowest BCUT2D eigenvalue weighted by molar-refractivity contribution is -0.128. The number of amides is 2. The van der Waals surface area contributed by atoms with Crippen LogP contribution in [-0.2, 0) is 16.1 Å². The van der Waals surface area contributed by atoms with E-state index in [2.05, 4.69) is 15.5 Å². The van der Waals surface area contributed by atoms with Crippen molar-refractivity contribution in [1.29, 1.82) is 0 Å². The molecule has 2 aliphatic rings. The van der Waals surface area contributed by atoms with Gasteiger partial charge in [0, 0.05) is 51.6 Å². The molecule has 7 heteroatoms. The molecule has 2 aliphatic heterocycles. The zero-order chi connectivity index (χ0) is 17.9. The molecule has 2 unspecified atom stereocenters. The molecule has 2 atom stereocenters. The third-order valence-corrected chi connectivity index (χ3v) is 5.42. The van der Waals surface area contributed by atoms with Crippen LogP contribution in [0.3, 0.4) is 0 Å². The molecule has 3 rings (SSSR count). The Balaban J connectivity index is 1.72. The Hall–Kier alpha value is -1.99. The summed E-state index contributed by atoms with van der Waals surface area (Å²) in [5.74, 6) is -0.192. The lowest BCUT2D eigenvalue weighted by Gasteiger charge is -2.46. The lowest BCUT2D eigenvalue weighted by atomic mass is 9.90. The van der Waals surface area contributed by atoms with Crippen molar-refractivity contribution < 1.29 is 14.0 Å². The van der Waals surface area contributed by atoms with Crippen LogP contribution >= 0.6 is 0 Å². The molecule has 0 spiro atoms. The summed E-state index contributed by atoms with van der Waals surface area (Å²) in [6.45, 7) is 6.46. The molecule has 0 saturated carbocycles. The van der Waals surface area contributed by atoms with Gasteiger partial charge in [0.25, 0.3) is 0 Å². The minimum Gasteiger partial charge on any atom is -0.340 e. The number of hydrogen-bond donors (Lipinski definition) is 2. The summed E-state index contributed by atoms with van der Waals surface area (Å²) in [6, 6.07) is 6.22. The van der Waals surface area contributed by atoms with Crippen molar-refractivity contribution in [2.24, 2.45) is 5.92 Å². The van der Waals surface area contributed by atoms with Crippen LogP contribution in [0.1, 0.15) is 18.9 Å². The number of carbonyl (C=O) groups is 2. The second-order valence-corrected chi connectivity index (χ2v) is 6.95. The molecule has 0 bridgehead atoms. The summed E-state index contributed by atoms with van der Waals surface area (Å²) in [7, 11) is 0. The summed E-state index contributed by atoms with van der Waals surface area (Å²) >= 11 is 0. The number of likely N-dealkylation sites (tertiary alicyclic amines) is 1. The first kappa shape index (κ1) is 17.8. The van der Waals surface area contributed by atoms with Crippen LogP contribution in [0.5, 0.6) is 0 Å². The van der Waals surface area contributed by atoms with Gasteiger partial charge in [-0.05, 0) is 24.6 Å². The first-order valence-corrected chi connectivity index (χ1v) is 8.72. The largest absolute Gasteiger partial charge is 0.340 e. The highest BCUT2D eigenvalue weighted by Gasteiger charge is 2.45. The molecule has 2 saturated heterocycles. The molecule has 0 radical (unpaired) electrons. The van der Waals surface area contributed by atoms with Gasteiger partial charge in [0.15, 0.2) is 0 Å². The Bertz CT molecular complexity index is 618. The molecule has 2 amide bonds. The van der Waals surface area contributed by atoms with Gasteiger partial charge in [-0.1, -0.05) is 12.1 Å². The number of piperazine rings is 1. The van der Waals surface area contributed by atoms with Crippen molar-refractivity contribution in [3.8, 4) is 0 Å². The fourth-order valence-corrected chi connectivity index (χ4v) is 3.83. The van der Waals surface area contributed by atoms with Crippen LogP contribution in [-0.4, -0.2) is 60.5 Å². The fraction of sp³-hybridized carbons (Fsp3) is 0.556. The smallest absolute Gasteiger partial charge is 0.223 e. The van der Waals surface area contributed by atoms with Crippen molar-refractivity contribution in [2.45, 2.75) is 25.6 Å². The van der Waals surface area contributed by atoms with Gasteiger partial charge in [0.2, 0.25) is 12.3 Å². The number of nitrogens with one attached hydrogen (secondary N) is 2. The Kier molecular flexibility index (Phi) is 5.34. The van der Waals surface area contributed by atoms with Crippen LogP contribution in [0, 0.1) is 11.7 Å². The lowest BCUT2D eigenvalue weighted by Crippen LogP contribution is -2.65. The van der Waals surface area contributed by atoms with E-state index in [9.17, 15) is 14.0 Å². The number of carbonyl (C=O) groups excluding carboxylic acids is 2. The molecule has 2 heterocycles. The normalized spacial score (nSPS) is 24.2. The van der Waals surface area contributed by atoms with Gasteiger partial charge in [-0.3, -0.25) is 14.5 Å². The second kappa shape index (κ2) is 7.49. The average Bonchev–Trinajstić information content (AvgIpc) is 2.99. The highest BCUT2D eigenvalue weighted by Crippen LogP contribution is 2.32. The Morgan fingerprint density at radius 3 is 2.64 bits per heavy atom. The molecule has 1 aromatic rings. The van der Waals surface area contributed by atoms with E-state index in [1.165, 1.54) is 12.1 Å². The Morgan fingerprint density at radius 2 is 2.00 bits per heavy atom. The van der Waals surface area contributed by atoms with Crippen LogP contribution in [0.25, 0.3) is 0 Å². The number of benzene rings is 1. The highest BCUT2D eigenvalue weighted by molar-refractivity contribution is 5.79. The molecule has 0 aliphatic carbocycles. The van der Waals surface area contributed by atoms with E-state index in [-0.39, 0.29) is 17.6 Å². The molecular weight excluding hydrogens is 323 g/mol. The van der Waals surface area contributed by atoms with Gasteiger partial charge in [-0.15, -0.1) is 0 Å². The van der Waals surface area contributed by atoms with Gasteiger partial charge in [-0.25, -0.2) is 4.39 Å². The standard InChI is InChI=1S/C18H25FN4O2/c1-18(21-13-24,23-8-6-20-7-9-23)15-10-17(25)22(12-15)11-14-2-4-16(19)5-3-14/h2-5,13,15,20H,6-12H2,1H3,(H,21,24). The third kappa shape index (κ3) is 3.82. The van der Waals surface area contributed by atoms with Crippen molar-refractivity contribution in [1.82, 2.24) is 20.4 Å². The van der Waals surface area contributed by atoms with Crippen LogP contribution in [0.2, 0.25) is 0 Å². The van der Waals surface area contributed by atoms with Gasteiger partial charge < -0.3 is 15.5 Å². The maximum absolute atomic E-state index is 13.1. The predicted molar refractivity (Wildman–Crippen MR) is 92.0 cm³/mol. The van der Waals surface area contributed by atoms with Crippen molar-refractivity contribution in [3.05, 3.63) is 35.6 Å². The Labute approximate surface area is 147 Å². The van der Waals surface area contributed by atoms with Crippen molar-refractivity contribution >= 4 is 12.3 Å². The minimum atomic E-state index is -0.545. The average molecular weight is 348 g/mol. The zero-order valence-corrected chi connectivity index (χ0v) is 14.5. The van der Waals surface area contributed by atoms with Crippen LogP contribution < -0.4 is 10.6 Å². The van der Waals surface area contributed by atoms with E-state index < -0.39 is 5.66 Å². The molecule has 136 valence electrons. The molecule has 1 aromatic carbocycles. The zero-order valence-electron chi connectivity index (χ0n) is 14.5. The van der Waals surface area contributed by atoms with Gasteiger partial charge >= 0.3 is 0 Å². The maximum atomic E-state index is 13.1. The minimum absolute atomic E-state index is 0.0174. The number of hydrogen-bond acceptors (Lipinski definition) is 4. The molecule has 2 N–H and O–H groups in total. The summed E-state index contributed by atoms with van der Waals surface area (Å²) in [5.41, 5.74) is 0.361. The van der Waals surface area contributed by atoms with Crippen LogP contribution in [0.15, 0.2) is 24.3 Å². The van der Waals surface area contributed by atoms with Crippen LogP contribution in [0.4, 0.5) is 4.39 Å². The first-order chi connectivity index (χ1) is 12.0. The van der Waals surface area contributed by atoms with E-state index in [0.717, 1.165) is 38.2 Å². The highest BCUT2D eigenvalue weighted by atomic mass is 19.1. The summed E-state index contributed by atoms with van der Waals surface area (Å²) < 4.78 is 13.1. The third-order valence-electron chi connectivity index (χ3n) is 5.42. The predicted octanol–water partition coefficient (Wildman–Crippen LogP) is 0.542. The van der Waals surface area contributed by atoms with E-state index >= 15 is 0 Å². The maximum Gasteiger partial charge on any atom is 0.223 e.